The van der Waals surface area contributed by atoms with Gasteiger partial charge in [-0.25, -0.2) is 22.5 Å². The van der Waals surface area contributed by atoms with E-state index in [1.165, 1.54) is 12.1 Å². The number of halogens is 1. The topological polar surface area (TPSA) is 128 Å². The fraction of sp³-hybridized carbons (Fsp3) is 0.462. The van der Waals surface area contributed by atoms with Crippen molar-refractivity contribution in [3.8, 4) is 0 Å². The highest BCUT2D eigenvalue weighted by Crippen LogP contribution is 2.27. The predicted molar refractivity (Wildman–Crippen MR) is 139 cm³/mol. The SMILES string of the molecule is C[C@@H](NC(=O)[C@H]1CC[C@H](NS(=O)(=O)c2ccc3[nH]c([C@@H]4CNCCN4)nc3c2)CC1)c1ccc(F)cc1. The van der Waals surface area contributed by atoms with Crippen molar-refractivity contribution in [2.45, 2.75) is 55.6 Å². The van der Waals surface area contributed by atoms with E-state index in [0.717, 1.165) is 36.5 Å². The molecule has 1 saturated carbocycles. The molecule has 0 spiro atoms. The van der Waals surface area contributed by atoms with Crippen LogP contribution in [-0.2, 0) is 14.8 Å². The molecule has 198 valence electrons. The van der Waals surface area contributed by atoms with Crippen LogP contribution in [0.4, 0.5) is 4.39 Å². The maximum Gasteiger partial charge on any atom is 0.240 e. The molecule has 9 nitrogen and oxygen atoms in total. The first kappa shape index (κ1) is 25.8. The minimum absolute atomic E-state index is 0.0550. The number of imidazole rings is 1. The van der Waals surface area contributed by atoms with E-state index in [1.54, 1.807) is 30.3 Å². The summed E-state index contributed by atoms with van der Waals surface area (Å²) in [5.74, 6) is 0.243. The molecule has 11 heteroatoms. The molecule has 1 saturated heterocycles. The fourth-order valence-electron chi connectivity index (χ4n) is 5.11. The minimum atomic E-state index is -3.73. The van der Waals surface area contributed by atoms with E-state index in [9.17, 15) is 17.6 Å². The molecule has 0 unspecified atom stereocenters. The van der Waals surface area contributed by atoms with E-state index in [4.69, 9.17) is 0 Å². The van der Waals surface area contributed by atoms with E-state index in [2.05, 4.69) is 30.6 Å². The van der Waals surface area contributed by atoms with Crippen molar-refractivity contribution in [2.75, 3.05) is 19.6 Å². The number of amides is 1. The van der Waals surface area contributed by atoms with Gasteiger partial charge in [0.1, 0.15) is 11.6 Å². The smallest absolute Gasteiger partial charge is 0.240 e. The van der Waals surface area contributed by atoms with Crippen LogP contribution in [0.3, 0.4) is 0 Å². The molecule has 2 atom stereocenters. The van der Waals surface area contributed by atoms with Gasteiger partial charge >= 0.3 is 0 Å². The van der Waals surface area contributed by atoms with E-state index >= 15 is 0 Å². The number of hydrogen-bond donors (Lipinski definition) is 5. The summed E-state index contributed by atoms with van der Waals surface area (Å²) in [6.07, 6.45) is 2.35. The third-order valence-electron chi connectivity index (χ3n) is 7.30. The van der Waals surface area contributed by atoms with Crippen molar-refractivity contribution in [1.29, 1.82) is 0 Å². The van der Waals surface area contributed by atoms with Gasteiger partial charge in [-0.05, 0) is 68.5 Å². The molecule has 1 aromatic heterocycles. The standard InChI is InChI=1S/C26H33FN6O3S/c1-16(17-2-6-19(27)7-3-17)30-26(34)18-4-8-20(9-5-18)33-37(35,36)21-10-11-22-23(14-21)32-25(31-22)24-15-28-12-13-29-24/h2-3,6-7,10-11,14,16,18,20,24,28-29,33H,4-5,8-9,12-13,15H2,1H3,(H,30,34)(H,31,32)/t16-,18-,20-,24+/m1/s1. The Kier molecular flexibility index (Phi) is 7.57. The van der Waals surface area contributed by atoms with Crippen LogP contribution in [0.5, 0.6) is 0 Å². The van der Waals surface area contributed by atoms with Gasteiger partial charge in [0.25, 0.3) is 0 Å². The lowest BCUT2D eigenvalue weighted by Crippen LogP contribution is -2.43. The Bertz CT molecular complexity index is 1350. The minimum Gasteiger partial charge on any atom is -0.349 e. The summed E-state index contributed by atoms with van der Waals surface area (Å²) in [4.78, 5) is 20.8. The number of benzene rings is 2. The van der Waals surface area contributed by atoms with Crippen LogP contribution in [0.15, 0.2) is 47.4 Å². The van der Waals surface area contributed by atoms with Crippen molar-refractivity contribution in [1.82, 2.24) is 30.6 Å². The molecule has 2 heterocycles. The maximum atomic E-state index is 13.2. The number of hydrogen-bond acceptors (Lipinski definition) is 6. The molecule has 1 aliphatic heterocycles. The summed E-state index contributed by atoms with van der Waals surface area (Å²) in [6.45, 7) is 4.39. The molecule has 1 aliphatic carbocycles. The highest BCUT2D eigenvalue weighted by Gasteiger charge is 2.30. The van der Waals surface area contributed by atoms with Crippen LogP contribution in [0.1, 0.15) is 56.1 Å². The van der Waals surface area contributed by atoms with Crippen molar-refractivity contribution < 1.29 is 17.6 Å². The Hall–Kier alpha value is -2.86. The lowest BCUT2D eigenvalue weighted by Gasteiger charge is -2.29. The normalized spacial score (nSPS) is 23.6. The first-order valence-electron chi connectivity index (χ1n) is 12.8. The van der Waals surface area contributed by atoms with Crippen LogP contribution >= 0.6 is 0 Å². The monoisotopic (exact) mass is 528 g/mol. The highest BCUT2D eigenvalue weighted by molar-refractivity contribution is 7.89. The Morgan fingerprint density at radius 3 is 2.54 bits per heavy atom. The Labute approximate surface area is 216 Å². The zero-order valence-corrected chi connectivity index (χ0v) is 21.6. The van der Waals surface area contributed by atoms with Crippen LogP contribution in [0.2, 0.25) is 0 Å². The van der Waals surface area contributed by atoms with Crippen LogP contribution < -0.4 is 20.7 Å². The van der Waals surface area contributed by atoms with Gasteiger partial charge in [-0.1, -0.05) is 12.1 Å². The molecule has 5 N–H and O–H groups in total. The molecule has 0 radical (unpaired) electrons. The Morgan fingerprint density at radius 2 is 1.84 bits per heavy atom. The summed E-state index contributed by atoms with van der Waals surface area (Å²) in [7, 11) is -3.73. The number of H-pyrrole nitrogens is 1. The first-order chi connectivity index (χ1) is 17.8. The Balaban J connectivity index is 1.17. The molecule has 0 bridgehead atoms. The van der Waals surface area contributed by atoms with E-state index < -0.39 is 10.0 Å². The summed E-state index contributed by atoms with van der Waals surface area (Å²) in [6, 6.07) is 10.6. The van der Waals surface area contributed by atoms with Crippen molar-refractivity contribution in [3.05, 3.63) is 59.7 Å². The zero-order chi connectivity index (χ0) is 26.0. The van der Waals surface area contributed by atoms with Crippen LogP contribution in [0, 0.1) is 11.7 Å². The van der Waals surface area contributed by atoms with E-state index in [0.29, 0.717) is 31.2 Å². The van der Waals surface area contributed by atoms with Crippen molar-refractivity contribution in [2.24, 2.45) is 5.92 Å². The lowest BCUT2D eigenvalue weighted by molar-refractivity contribution is -0.126. The number of fused-ring (bicyclic) bond motifs is 1. The predicted octanol–water partition coefficient (Wildman–Crippen LogP) is 2.65. The fourth-order valence-corrected chi connectivity index (χ4v) is 6.44. The average Bonchev–Trinajstić information content (AvgIpc) is 3.33. The summed E-state index contributed by atoms with van der Waals surface area (Å²) in [5.41, 5.74) is 2.24. The van der Waals surface area contributed by atoms with Gasteiger partial charge < -0.3 is 20.9 Å². The first-order valence-corrected chi connectivity index (χ1v) is 14.3. The number of aromatic amines is 1. The average molecular weight is 529 g/mol. The van der Waals surface area contributed by atoms with Gasteiger partial charge in [0.15, 0.2) is 0 Å². The number of aromatic nitrogens is 2. The maximum absolute atomic E-state index is 13.2. The summed E-state index contributed by atoms with van der Waals surface area (Å²) in [5, 5.41) is 9.72. The molecule has 1 amide bonds. The van der Waals surface area contributed by atoms with Gasteiger partial charge in [-0.15, -0.1) is 0 Å². The van der Waals surface area contributed by atoms with Gasteiger partial charge in [0.05, 0.1) is 28.0 Å². The number of nitrogens with zero attached hydrogens (tertiary/aromatic N) is 1. The van der Waals surface area contributed by atoms with E-state index in [-0.39, 0.29) is 40.7 Å². The molecular weight excluding hydrogens is 495 g/mol. The third kappa shape index (κ3) is 6.01. The summed E-state index contributed by atoms with van der Waals surface area (Å²) < 4.78 is 42.2. The largest absolute Gasteiger partial charge is 0.349 e. The van der Waals surface area contributed by atoms with Gasteiger partial charge in [0, 0.05) is 31.6 Å². The molecular formula is C26H33FN6O3S. The zero-order valence-electron chi connectivity index (χ0n) is 20.8. The quantitative estimate of drug-likeness (QED) is 0.321. The van der Waals surface area contributed by atoms with Gasteiger partial charge in [0.2, 0.25) is 15.9 Å². The number of carbonyl (C=O) groups excluding carboxylic acids is 1. The number of nitrogens with one attached hydrogen (secondary N) is 5. The van der Waals surface area contributed by atoms with Crippen LogP contribution in [0.25, 0.3) is 11.0 Å². The molecule has 5 rings (SSSR count). The van der Waals surface area contributed by atoms with Crippen LogP contribution in [-0.4, -0.2) is 50.0 Å². The second-order valence-electron chi connectivity index (χ2n) is 9.96. The molecule has 2 fully saturated rings. The number of sulfonamides is 1. The van der Waals surface area contributed by atoms with Gasteiger partial charge in [-0.2, -0.15) is 0 Å². The van der Waals surface area contributed by atoms with Gasteiger partial charge in [-0.3, -0.25) is 4.79 Å². The second-order valence-corrected chi connectivity index (χ2v) is 11.7. The molecule has 37 heavy (non-hydrogen) atoms. The molecule has 2 aromatic carbocycles. The van der Waals surface area contributed by atoms with E-state index in [1.807, 2.05) is 6.92 Å². The molecule has 2 aliphatic rings. The number of carbonyl (C=O) groups is 1. The Morgan fingerprint density at radius 1 is 1.08 bits per heavy atom. The van der Waals surface area contributed by atoms with Crippen molar-refractivity contribution >= 4 is 27.0 Å². The number of piperazine rings is 1. The number of rotatable bonds is 7. The third-order valence-corrected chi connectivity index (χ3v) is 8.82. The molecule has 3 aromatic rings. The highest BCUT2D eigenvalue weighted by atomic mass is 32.2. The second kappa shape index (κ2) is 10.9. The summed E-state index contributed by atoms with van der Waals surface area (Å²) >= 11 is 0. The van der Waals surface area contributed by atoms with Crippen molar-refractivity contribution in [3.63, 3.8) is 0 Å². The lowest BCUT2D eigenvalue weighted by atomic mass is 9.85.